The van der Waals surface area contributed by atoms with Crippen molar-refractivity contribution in [3.63, 3.8) is 0 Å². The quantitative estimate of drug-likeness (QED) is 0.339. The highest BCUT2D eigenvalue weighted by Gasteiger charge is 2.43. The lowest BCUT2D eigenvalue weighted by molar-refractivity contribution is -0.117. The molecule has 3 atom stereocenters. The van der Waals surface area contributed by atoms with Crippen LogP contribution in [0.15, 0.2) is 68.7 Å². The maximum absolute atomic E-state index is 13.9. The first-order valence-electron chi connectivity index (χ1n) is 13.3. The zero-order valence-corrected chi connectivity index (χ0v) is 24.9. The number of hydrogen-bond acceptors (Lipinski definition) is 12. The lowest BCUT2D eigenvalue weighted by Crippen LogP contribution is -2.43. The number of allylic oxidation sites excluding steroid dienone is 1. The highest BCUT2D eigenvalue weighted by atomic mass is 32.2. The molecule has 3 amide bonds. The SMILES string of the molecule is COC1=C(C2COCCN2)S(=O)C2=C1C(c1ccccc1OC)=NC(SCC(=O)NC(=O)Nc1ccc3c(c1)OCO3)N2. The predicted octanol–water partition coefficient (Wildman–Crippen LogP) is 2.00. The molecule has 43 heavy (non-hydrogen) atoms. The van der Waals surface area contributed by atoms with Gasteiger partial charge in [-0.3, -0.25) is 10.1 Å². The Morgan fingerprint density at radius 3 is 2.77 bits per heavy atom. The number of nitrogens with one attached hydrogen (secondary N) is 4. The van der Waals surface area contributed by atoms with E-state index in [0.29, 0.717) is 75.2 Å². The van der Waals surface area contributed by atoms with Gasteiger partial charge in [-0.1, -0.05) is 12.1 Å². The van der Waals surface area contributed by atoms with Crippen molar-refractivity contribution in [1.29, 1.82) is 0 Å². The largest absolute Gasteiger partial charge is 0.496 e. The molecule has 0 saturated carbocycles. The van der Waals surface area contributed by atoms with Gasteiger partial charge in [-0.15, -0.1) is 11.8 Å². The van der Waals surface area contributed by atoms with Gasteiger partial charge in [-0.05, 0) is 24.3 Å². The summed E-state index contributed by atoms with van der Waals surface area (Å²) in [5, 5.41) is 11.9. The number of amides is 3. The van der Waals surface area contributed by atoms with Crippen LogP contribution in [-0.2, 0) is 25.1 Å². The molecule has 13 nitrogen and oxygen atoms in total. The molecule has 6 rings (SSSR count). The van der Waals surface area contributed by atoms with Crippen LogP contribution in [0.3, 0.4) is 0 Å². The van der Waals surface area contributed by atoms with Crippen LogP contribution < -0.4 is 35.5 Å². The smallest absolute Gasteiger partial charge is 0.325 e. The van der Waals surface area contributed by atoms with E-state index in [1.54, 1.807) is 25.3 Å². The summed E-state index contributed by atoms with van der Waals surface area (Å²) in [6, 6.07) is 11.3. The Balaban J connectivity index is 1.19. The van der Waals surface area contributed by atoms with E-state index in [9.17, 15) is 13.8 Å². The second kappa shape index (κ2) is 12.7. The Labute approximate surface area is 253 Å². The lowest BCUT2D eigenvalue weighted by atomic mass is 9.98. The first kappa shape index (κ1) is 29.0. The number of benzene rings is 2. The summed E-state index contributed by atoms with van der Waals surface area (Å²) >= 11 is 1.14. The summed E-state index contributed by atoms with van der Waals surface area (Å²) < 4.78 is 41.6. The second-order valence-corrected chi connectivity index (χ2v) is 12.0. The molecule has 4 N–H and O–H groups in total. The van der Waals surface area contributed by atoms with Crippen LogP contribution in [-0.4, -0.2) is 79.9 Å². The normalized spacial score (nSPS) is 22.4. The van der Waals surface area contributed by atoms with Crippen LogP contribution in [0, 0.1) is 0 Å². The van der Waals surface area contributed by atoms with Crippen molar-refractivity contribution in [3.8, 4) is 17.2 Å². The number of morpholine rings is 1. The van der Waals surface area contributed by atoms with E-state index in [-0.39, 0.29) is 18.6 Å². The first-order valence-corrected chi connectivity index (χ1v) is 15.5. The minimum Gasteiger partial charge on any atom is -0.496 e. The summed E-state index contributed by atoms with van der Waals surface area (Å²) in [6.07, 6.45) is 0. The molecule has 0 bridgehead atoms. The number of carbonyl (C=O) groups excluding carboxylic acids is 2. The van der Waals surface area contributed by atoms with Crippen LogP contribution in [0.4, 0.5) is 10.5 Å². The summed E-state index contributed by atoms with van der Waals surface area (Å²) in [4.78, 5) is 30.6. The molecule has 15 heteroatoms. The number of fused-ring (bicyclic) bond motifs is 1. The fourth-order valence-electron chi connectivity index (χ4n) is 4.98. The van der Waals surface area contributed by atoms with Crippen LogP contribution in [0.25, 0.3) is 0 Å². The van der Waals surface area contributed by atoms with Gasteiger partial charge in [0.15, 0.2) is 17.0 Å². The van der Waals surface area contributed by atoms with E-state index >= 15 is 0 Å². The number of ether oxygens (including phenoxy) is 5. The standard InChI is InChI=1S/C28H29N5O8S2/c1-37-18-6-4-3-5-16(18)23-22-24(38-2)25(17-12-39-10-9-29-17)43(36)26(22)33-28(32-23)42-13-21(34)31-27(35)30-15-7-8-19-20(11-15)41-14-40-19/h3-8,11,17,28-29,33H,9-10,12-14H2,1-2H3,(H2,30,31,34,35). The van der Waals surface area contributed by atoms with E-state index in [2.05, 4.69) is 21.3 Å². The van der Waals surface area contributed by atoms with Crippen molar-refractivity contribution in [2.45, 2.75) is 11.5 Å². The number of nitrogens with zero attached hydrogens (tertiary/aromatic N) is 1. The van der Waals surface area contributed by atoms with Crippen LogP contribution in [0.1, 0.15) is 5.56 Å². The molecule has 1 fully saturated rings. The number of aliphatic imine (C=N–C) groups is 1. The number of para-hydroxylation sites is 1. The van der Waals surface area contributed by atoms with Crippen molar-refractivity contribution in [2.24, 2.45) is 4.99 Å². The molecule has 0 aromatic heterocycles. The number of thioether (sulfide) groups is 1. The molecular weight excluding hydrogens is 598 g/mol. The fraction of sp³-hybridized carbons (Fsp3) is 0.321. The van der Waals surface area contributed by atoms with Crippen LogP contribution in [0.2, 0.25) is 0 Å². The molecule has 4 aliphatic heterocycles. The van der Waals surface area contributed by atoms with Crippen LogP contribution in [0.5, 0.6) is 17.2 Å². The molecule has 0 aliphatic carbocycles. The van der Waals surface area contributed by atoms with Crippen molar-refractivity contribution in [3.05, 3.63) is 69.3 Å². The van der Waals surface area contributed by atoms with E-state index in [1.807, 2.05) is 24.3 Å². The minimum atomic E-state index is -1.61. The second-order valence-electron chi connectivity index (χ2n) is 9.51. The highest BCUT2D eigenvalue weighted by Crippen LogP contribution is 2.41. The number of urea groups is 1. The Bertz CT molecular complexity index is 1570. The van der Waals surface area contributed by atoms with Crippen molar-refractivity contribution < 1.29 is 37.5 Å². The molecule has 2 aromatic rings. The van der Waals surface area contributed by atoms with E-state index < -0.39 is 28.2 Å². The highest BCUT2D eigenvalue weighted by molar-refractivity contribution is 8.00. The number of hydrogen-bond donors (Lipinski definition) is 4. The number of anilines is 1. The minimum absolute atomic E-state index is 0.110. The van der Waals surface area contributed by atoms with Gasteiger partial charge in [0.25, 0.3) is 0 Å². The van der Waals surface area contributed by atoms with Gasteiger partial charge in [0.05, 0.1) is 55.4 Å². The summed E-state index contributed by atoms with van der Waals surface area (Å²) in [5.41, 5.74) is 1.51. The Morgan fingerprint density at radius 1 is 1.14 bits per heavy atom. The van der Waals surface area contributed by atoms with E-state index in [4.69, 9.17) is 28.7 Å². The monoisotopic (exact) mass is 627 g/mol. The van der Waals surface area contributed by atoms with E-state index in [0.717, 1.165) is 11.8 Å². The van der Waals surface area contributed by atoms with Gasteiger partial charge in [-0.2, -0.15) is 0 Å². The van der Waals surface area contributed by atoms with Gasteiger partial charge >= 0.3 is 6.03 Å². The van der Waals surface area contributed by atoms with Gasteiger partial charge < -0.3 is 39.6 Å². The summed E-state index contributed by atoms with van der Waals surface area (Å²) in [7, 11) is 1.49. The van der Waals surface area contributed by atoms with Crippen molar-refractivity contribution >= 4 is 45.9 Å². The molecule has 1 saturated heterocycles. The predicted molar refractivity (Wildman–Crippen MR) is 160 cm³/mol. The average Bonchev–Trinajstić information content (AvgIpc) is 3.61. The third kappa shape index (κ3) is 5.93. The van der Waals surface area contributed by atoms with Gasteiger partial charge in [0, 0.05) is 23.9 Å². The van der Waals surface area contributed by atoms with Crippen molar-refractivity contribution in [1.82, 2.24) is 16.0 Å². The van der Waals surface area contributed by atoms with Gasteiger partial charge in [-0.25, -0.2) is 14.0 Å². The summed E-state index contributed by atoms with van der Waals surface area (Å²) in [5.74, 6) is 1.47. The third-order valence-corrected chi connectivity index (χ3v) is 9.39. The first-order chi connectivity index (χ1) is 21.0. The molecular formula is C28H29N5O8S2. The van der Waals surface area contributed by atoms with Gasteiger partial charge in [0.2, 0.25) is 12.7 Å². The zero-order chi connectivity index (χ0) is 29.9. The molecule has 2 aromatic carbocycles. The molecule has 226 valence electrons. The Hall–Kier alpha value is -4.05. The number of carbonyl (C=O) groups is 2. The Morgan fingerprint density at radius 2 is 1.98 bits per heavy atom. The number of methoxy groups -OCH3 is 2. The Kier molecular flexibility index (Phi) is 8.56. The van der Waals surface area contributed by atoms with Crippen molar-refractivity contribution in [2.75, 3.05) is 51.8 Å². The molecule has 3 unspecified atom stereocenters. The zero-order valence-electron chi connectivity index (χ0n) is 23.3. The molecule has 4 heterocycles. The lowest BCUT2D eigenvalue weighted by Gasteiger charge is -2.25. The number of rotatable bonds is 8. The molecule has 4 aliphatic rings. The maximum atomic E-state index is 13.9. The van der Waals surface area contributed by atoms with Crippen LogP contribution >= 0.6 is 11.8 Å². The summed E-state index contributed by atoms with van der Waals surface area (Å²) in [6.45, 7) is 1.64. The topological polar surface area (TPSA) is 158 Å². The maximum Gasteiger partial charge on any atom is 0.325 e. The third-order valence-electron chi connectivity index (χ3n) is 6.86. The fourth-order valence-corrected chi connectivity index (χ4v) is 7.40. The van der Waals surface area contributed by atoms with E-state index in [1.165, 1.54) is 7.11 Å². The molecule has 0 radical (unpaired) electrons. The number of imide groups is 1. The van der Waals surface area contributed by atoms with Gasteiger partial charge in [0.1, 0.15) is 27.3 Å². The molecule has 0 spiro atoms. The average molecular weight is 628 g/mol.